The molecule has 1 atom stereocenters. The van der Waals surface area contributed by atoms with Crippen LogP contribution in [0.25, 0.3) is 0 Å². The number of carbonyl (C=O) groups excluding carboxylic acids is 1. The number of nitro groups is 1. The Labute approximate surface area is 106 Å². The highest BCUT2D eigenvalue weighted by Crippen LogP contribution is 2.25. The minimum absolute atomic E-state index is 0.287. The van der Waals surface area contributed by atoms with Crippen LogP contribution in [0.5, 0.6) is 0 Å². The van der Waals surface area contributed by atoms with Crippen LogP contribution >= 0.6 is 0 Å². The smallest absolute Gasteiger partial charge is 0.306 e. The minimum atomic E-state index is -1.40. The van der Waals surface area contributed by atoms with Crippen molar-refractivity contribution in [1.82, 2.24) is 0 Å². The lowest BCUT2D eigenvalue weighted by atomic mass is 9.95. The number of methoxy groups -OCH3 is 1. The molecule has 0 amide bonds. The van der Waals surface area contributed by atoms with Crippen molar-refractivity contribution in [2.24, 2.45) is 0 Å². The average Bonchev–Trinajstić information content (AvgIpc) is 2.32. The second-order valence-corrected chi connectivity index (χ2v) is 3.78. The van der Waals surface area contributed by atoms with Crippen molar-refractivity contribution >= 4 is 5.97 Å². The third kappa shape index (κ3) is 3.94. The normalized spacial score (nSPS) is 12.0. The SMILES string of the molecule is COC(=O)CC(C[N+](=O)[O-])c1cc(F)c(F)cc1F. The van der Waals surface area contributed by atoms with E-state index in [4.69, 9.17) is 0 Å². The summed E-state index contributed by atoms with van der Waals surface area (Å²) in [5.74, 6) is -5.92. The molecule has 0 saturated carbocycles. The summed E-state index contributed by atoms with van der Waals surface area (Å²) in [6.07, 6.45) is -0.501. The first-order valence-corrected chi connectivity index (χ1v) is 5.18. The number of esters is 1. The van der Waals surface area contributed by atoms with Gasteiger partial charge in [0, 0.05) is 16.6 Å². The van der Waals surface area contributed by atoms with E-state index in [0.717, 1.165) is 7.11 Å². The molecule has 5 nitrogen and oxygen atoms in total. The predicted molar refractivity (Wildman–Crippen MR) is 57.6 cm³/mol. The van der Waals surface area contributed by atoms with Gasteiger partial charge in [-0.3, -0.25) is 14.9 Å². The second-order valence-electron chi connectivity index (χ2n) is 3.78. The highest BCUT2D eigenvalue weighted by molar-refractivity contribution is 5.70. The van der Waals surface area contributed by atoms with E-state index in [2.05, 4.69) is 4.74 Å². The molecule has 0 saturated heterocycles. The summed E-state index contributed by atoms with van der Waals surface area (Å²) in [6.45, 7) is -0.795. The third-order valence-corrected chi connectivity index (χ3v) is 2.49. The lowest BCUT2D eigenvalue weighted by Gasteiger charge is -2.13. The molecule has 0 aromatic heterocycles. The lowest BCUT2D eigenvalue weighted by Crippen LogP contribution is -2.18. The first kappa shape index (κ1) is 14.9. The molecule has 0 N–H and O–H groups in total. The van der Waals surface area contributed by atoms with E-state index in [9.17, 15) is 28.1 Å². The minimum Gasteiger partial charge on any atom is -0.469 e. The van der Waals surface area contributed by atoms with Gasteiger partial charge in [-0.1, -0.05) is 0 Å². The van der Waals surface area contributed by atoms with Gasteiger partial charge in [-0.15, -0.1) is 0 Å². The van der Waals surface area contributed by atoms with Gasteiger partial charge in [-0.2, -0.15) is 0 Å². The fourth-order valence-electron chi connectivity index (χ4n) is 1.59. The van der Waals surface area contributed by atoms with Crippen LogP contribution in [0.4, 0.5) is 13.2 Å². The maximum Gasteiger partial charge on any atom is 0.306 e. The maximum atomic E-state index is 13.5. The Kier molecular flexibility index (Phi) is 4.85. The van der Waals surface area contributed by atoms with Crippen molar-refractivity contribution in [2.45, 2.75) is 12.3 Å². The van der Waals surface area contributed by atoms with Crippen LogP contribution in [0.1, 0.15) is 17.9 Å². The number of nitrogens with zero attached hydrogens (tertiary/aromatic N) is 1. The predicted octanol–water partition coefficient (Wildman–Crippen LogP) is 2.03. The molecule has 0 bridgehead atoms. The van der Waals surface area contributed by atoms with Crippen LogP contribution in [0.2, 0.25) is 0 Å². The highest BCUT2D eigenvalue weighted by atomic mass is 19.2. The monoisotopic (exact) mass is 277 g/mol. The summed E-state index contributed by atoms with van der Waals surface area (Å²) in [5, 5.41) is 10.5. The number of benzene rings is 1. The van der Waals surface area contributed by atoms with Crippen LogP contribution in [-0.4, -0.2) is 24.5 Å². The van der Waals surface area contributed by atoms with Crippen molar-refractivity contribution in [3.8, 4) is 0 Å². The molecule has 0 aliphatic heterocycles. The zero-order valence-corrected chi connectivity index (χ0v) is 9.86. The molecule has 0 aliphatic carbocycles. The van der Waals surface area contributed by atoms with Crippen LogP contribution in [0, 0.1) is 27.6 Å². The molecular formula is C11H10F3NO4. The van der Waals surface area contributed by atoms with Crippen LogP contribution in [0.15, 0.2) is 12.1 Å². The average molecular weight is 277 g/mol. The van der Waals surface area contributed by atoms with E-state index in [1.165, 1.54) is 0 Å². The van der Waals surface area contributed by atoms with Crippen molar-refractivity contribution in [3.05, 3.63) is 45.3 Å². The Bertz CT molecular complexity index is 507. The van der Waals surface area contributed by atoms with Crippen LogP contribution in [0.3, 0.4) is 0 Å². The molecule has 1 aromatic carbocycles. The van der Waals surface area contributed by atoms with Gasteiger partial charge in [0.25, 0.3) is 0 Å². The Morgan fingerprint density at radius 2 is 1.89 bits per heavy atom. The fourth-order valence-corrected chi connectivity index (χ4v) is 1.59. The number of ether oxygens (including phenoxy) is 1. The first-order chi connectivity index (χ1) is 8.85. The van der Waals surface area contributed by atoms with Gasteiger partial charge in [0.05, 0.1) is 19.4 Å². The Morgan fingerprint density at radius 1 is 1.32 bits per heavy atom. The number of carbonyl (C=O) groups is 1. The van der Waals surface area contributed by atoms with Crippen molar-refractivity contribution < 1.29 is 27.6 Å². The summed E-state index contributed by atoms with van der Waals surface area (Å²) >= 11 is 0. The topological polar surface area (TPSA) is 69.4 Å². The van der Waals surface area contributed by atoms with E-state index >= 15 is 0 Å². The van der Waals surface area contributed by atoms with Gasteiger partial charge in [-0.25, -0.2) is 13.2 Å². The summed E-state index contributed by atoms with van der Waals surface area (Å²) in [4.78, 5) is 20.8. The van der Waals surface area contributed by atoms with E-state index < -0.39 is 52.8 Å². The molecule has 8 heteroatoms. The van der Waals surface area contributed by atoms with E-state index in [0.29, 0.717) is 6.07 Å². The summed E-state index contributed by atoms with van der Waals surface area (Å²) in [7, 11) is 1.06. The Balaban J connectivity index is 3.12. The Hall–Kier alpha value is -2.12. The van der Waals surface area contributed by atoms with E-state index in [1.807, 2.05) is 0 Å². The molecular weight excluding hydrogens is 267 g/mol. The molecule has 0 radical (unpaired) electrons. The molecule has 104 valence electrons. The second kappa shape index (κ2) is 6.17. The molecule has 0 aliphatic rings. The Morgan fingerprint density at radius 3 is 2.42 bits per heavy atom. The van der Waals surface area contributed by atoms with Crippen LogP contribution in [-0.2, 0) is 9.53 Å². The summed E-state index contributed by atoms with van der Waals surface area (Å²) in [5.41, 5.74) is -0.430. The van der Waals surface area contributed by atoms with Crippen LogP contribution < -0.4 is 0 Å². The molecule has 0 fully saturated rings. The van der Waals surface area contributed by atoms with Gasteiger partial charge in [-0.05, 0) is 6.07 Å². The van der Waals surface area contributed by atoms with Crippen molar-refractivity contribution in [1.29, 1.82) is 0 Å². The molecule has 1 aromatic rings. The number of hydrogen-bond acceptors (Lipinski definition) is 4. The highest BCUT2D eigenvalue weighted by Gasteiger charge is 2.26. The van der Waals surface area contributed by atoms with E-state index in [-0.39, 0.29) is 6.07 Å². The van der Waals surface area contributed by atoms with E-state index in [1.54, 1.807) is 0 Å². The van der Waals surface area contributed by atoms with Gasteiger partial charge < -0.3 is 4.74 Å². The molecule has 0 heterocycles. The third-order valence-electron chi connectivity index (χ3n) is 2.49. The van der Waals surface area contributed by atoms with Gasteiger partial charge in [0.15, 0.2) is 11.6 Å². The maximum absolute atomic E-state index is 13.5. The number of hydrogen-bond donors (Lipinski definition) is 0. The first-order valence-electron chi connectivity index (χ1n) is 5.18. The number of halogens is 3. The van der Waals surface area contributed by atoms with Crippen molar-refractivity contribution in [3.63, 3.8) is 0 Å². The quantitative estimate of drug-likeness (QED) is 0.357. The molecule has 0 spiro atoms. The summed E-state index contributed by atoms with van der Waals surface area (Å²) < 4.78 is 43.7. The van der Waals surface area contributed by atoms with Gasteiger partial charge in [0.2, 0.25) is 6.54 Å². The molecule has 19 heavy (non-hydrogen) atoms. The standard InChI is InChI=1S/C11H10F3NO4/c1-19-11(16)2-6(5-15(17)18)7-3-9(13)10(14)4-8(7)12/h3-4,6H,2,5H2,1H3. The summed E-state index contributed by atoms with van der Waals surface area (Å²) in [6, 6.07) is 0.802. The molecule has 1 rings (SSSR count). The van der Waals surface area contributed by atoms with Gasteiger partial charge >= 0.3 is 5.97 Å². The van der Waals surface area contributed by atoms with Crippen molar-refractivity contribution in [2.75, 3.05) is 13.7 Å². The fraction of sp³-hybridized carbons (Fsp3) is 0.364. The lowest BCUT2D eigenvalue weighted by molar-refractivity contribution is -0.483. The zero-order valence-electron chi connectivity index (χ0n) is 9.86. The number of rotatable bonds is 5. The zero-order chi connectivity index (χ0) is 14.6. The molecule has 1 unspecified atom stereocenters. The largest absolute Gasteiger partial charge is 0.469 e. The van der Waals surface area contributed by atoms with Gasteiger partial charge in [0.1, 0.15) is 5.82 Å².